The number of nitrogens with zero attached hydrogens (tertiary/aromatic N) is 4. The molecule has 4 aromatic carbocycles. The standard InChI is InChI=1S/C44H50N8O6/c1-49(2)43(57)47-37(31-11-7-5-8-12-31)41(55)51-25-23-33(27-51)39(53)45-35-19-15-29(16-20-35)30-17-21-36(22-18-30)46-40(54)34-24-26-52(28-34)42(56)38(48-44(58)50(3)4)32-13-9-6-10-14-32/h5-22,33-34,37-38H,23-28H2,1-4H3,(H,45,53)(H,46,54)(H,47,57)(H,48,58)/t33-,34+,37-,38+. The highest BCUT2D eigenvalue weighted by Crippen LogP contribution is 2.28. The van der Waals surface area contributed by atoms with Crippen LogP contribution in [0.1, 0.15) is 36.1 Å². The first kappa shape index (κ1) is 40.9. The van der Waals surface area contributed by atoms with Crippen molar-refractivity contribution in [3.63, 3.8) is 0 Å². The summed E-state index contributed by atoms with van der Waals surface area (Å²) in [6.45, 7) is 1.30. The molecular formula is C44H50N8O6. The van der Waals surface area contributed by atoms with Gasteiger partial charge >= 0.3 is 12.1 Å². The van der Waals surface area contributed by atoms with Crippen molar-refractivity contribution in [3.05, 3.63) is 120 Å². The fourth-order valence-corrected chi connectivity index (χ4v) is 7.07. The van der Waals surface area contributed by atoms with E-state index >= 15 is 0 Å². The highest BCUT2D eigenvalue weighted by atomic mass is 16.2. The number of urea groups is 2. The van der Waals surface area contributed by atoms with E-state index in [0.29, 0.717) is 48.4 Å². The van der Waals surface area contributed by atoms with Gasteiger partial charge in [-0.2, -0.15) is 0 Å². The lowest BCUT2D eigenvalue weighted by Crippen LogP contribution is -2.45. The minimum atomic E-state index is -0.865. The summed E-state index contributed by atoms with van der Waals surface area (Å²) in [6, 6.07) is 30.5. The molecule has 58 heavy (non-hydrogen) atoms. The Morgan fingerprint density at radius 3 is 1.19 bits per heavy atom. The molecule has 14 heteroatoms. The third kappa shape index (κ3) is 9.99. The molecule has 0 spiro atoms. The maximum Gasteiger partial charge on any atom is 0.317 e. The lowest BCUT2D eigenvalue weighted by atomic mass is 10.0. The van der Waals surface area contributed by atoms with Crippen LogP contribution in [-0.2, 0) is 19.2 Å². The average Bonchev–Trinajstić information content (AvgIpc) is 3.94. The second-order valence-electron chi connectivity index (χ2n) is 15.0. The number of benzene rings is 4. The smallest absolute Gasteiger partial charge is 0.317 e. The number of anilines is 2. The highest BCUT2D eigenvalue weighted by Gasteiger charge is 2.37. The molecule has 2 heterocycles. The topological polar surface area (TPSA) is 164 Å². The third-order valence-electron chi connectivity index (χ3n) is 10.5. The molecule has 2 saturated heterocycles. The van der Waals surface area contributed by atoms with Crippen LogP contribution in [0.5, 0.6) is 0 Å². The van der Waals surface area contributed by atoms with Crippen molar-refractivity contribution in [3.8, 4) is 11.1 Å². The van der Waals surface area contributed by atoms with Crippen LogP contribution < -0.4 is 21.3 Å². The summed E-state index contributed by atoms with van der Waals surface area (Å²) in [5.41, 5.74) is 4.43. The second kappa shape index (κ2) is 18.5. The summed E-state index contributed by atoms with van der Waals surface area (Å²) in [6.07, 6.45) is 1.01. The van der Waals surface area contributed by atoms with E-state index in [1.165, 1.54) is 9.80 Å². The number of hydrogen-bond donors (Lipinski definition) is 4. The number of hydrogen-bond acceptors (Lipinski definition) is 6. The Balaban J connectivity index is 0.995. The zero-order valence-electron chi connectivity index (χ0n) is 33.2. The summed E-state index contributed by atoms with van der Waals surface area (Å²) < 4.78 is 0. The zero-order chi connectivity index (χ0) is 41.3. The zero-order valence-corrected chi connectivity index (χ0v) is 33.2. The van der Waals surface area contributed by atoms with Gasteiger partial charge in [0.1, 0.15) is 12.1 Å². The van der Waals surface area contributed by atoms with Crippen LogP contribution in [0.4, 0.5) is 21.0 Å². The number of likely N-dealkylation sites (tertiary alicyclic amines) is 2. The molecule has 4 aromatic rings. The fraction of sp³-hybridized carbons (Fsp3) is 0.318. The van der Waals surface area contributed by atoms with Crippen molar-refractivity contribution >= 4 is 47.1 Å². The van der Waals surface area contributed by atoms with Crippen LogP contribution in [0.3, 0.4) is 0 Å². The number of carbonyl (C=O) groups is 6. The SMILES string of the molecule is CN(C)C(=O)N[C@H](C(=O)N1CC[C@H](C(=O)Nc2ccc(-c3ccc(NC(=O)[C@@H]4CCN(C(=O)[C@H](NC(=O)N(C)C)c5ccccc5)C4)cc3)cc2)C1)c1ccccc1. The quantitative estimate of drug-likeness (QED) is 0.168. The molecule has 4 N–H and O–H groups in total. The van der Waals surface area contributed by atoms with Gasteiger partial charge < -0.3 is 40.9 Å². The van der Waals surface area contributed by atoms with Gasteiger partial charge in [0, 0.05) is 65.7 Å². The number of nitrogens with one attached hydrogen (secondary N) is 4. The van der Waals surface area contributed by atoms with Gasteiger partial charge in [-0.25, -0.2) is 9.59 Å². The van der Waals surface area contributed by atoms with Gasteiger partial charge in [-0.05, 0) is 59.4 Å². The van der Waals surface area contributed by atoms with Crippen LogP contribution in [0.2, 0.25) is 0 Å². The minimum Gasteiger partial charge on any atom is -0.340 e. The van der Waals surface area contributed by atoms with Crippen molar-refractivity contribution in [2.24, 2.45) is 11.8 Å². The molecule has 2 aliphatic heterocycles. The Bertz CT molecular complexity index is 1940. The van der Waals surface area contributed by atoms with Crippen LogP contribution in [0.15, 0.2) is 109 Å². The molecule has 0 aromatic heterocycles. The van der Waals surface area contributed by atoms with Crippen molar-refractivity contribution in [1.82, 2.24) is 30.2 Å². The monoisotopic (exact) mass is 786 g/mol. The molecule has 8 amide bonds. The molecule has 0 saturated carbocycles. The van der Waals surface area contributed by atoms with E-state index in [4.69, 9.17) is 0 Å². The highest BCUT2D eigenvalue weighted by molar-refractivity contribution is 5.96. The molecule has 14 nitrogen and oxygen atoms in total. The van der Waals surface area contributed by atoms with Gasteiger partial charge in [0.05, 0.1) is 11.8 Å². The van der Waals surface area contributed by atoms with Crippen molar-refractivity contribution < 1.29 is 28.8 Å². The summed E-state index contributed by atoms with van der Waals surface area (Å²) in [5.74, 6) is -1.68. The number of carbonyl (C=O) groups excluding carboxylic acids is 6. The van der Waals surface area contributed by atoms with Gasteiger partial charge in [0.25, 0.3) is 0 Å². The molecule has 0 radical (unpaired) electrons. The van der Waals surface area contributed by atoms with E-state index in [9.17, 15) is 28.8 Å². The third-order valence-corrected chi connectivity index (χ3v) is 10.5. The molecule has 0 bridgehead atoms. The second-order valence-corrected chi connectivity index (χ2v) is 15.0. The maximum atomic E-state index is 13.6. The predicted molar refractivity (Wildman–Crippen MR) is 221 cm³/mol. The minimum absolute atomic E-state index is 0.182. The van der Waals surface area contributed by atoms with Gasteiger partial charge in [-0.3, -0.25) is 19.2 Å². The summed E-state index contributed by atoms with van der Waals surface area (Å²) in [5, 5.41) is 11.6. The molecule has 2 aliphatic rings. The molecule has 302 valence electrons. The van der Waals surface area contributed by atoms with Gasteiger partial charge in [-0.1, -0.05) is 84.9 Å². The summed E-state index contributed by atoms with van der Waals surface area (Å²) >= 11 is 0. The first-order chi connectivity index (χ1) is 27.9. The number of amides is 8. The summed E-state index contributed by atoms with van der Waals surface area (Å²) in [4.78, 5) is 84.7. The average molecular weight is 787 g/mol. The first-order valence-corrected chi connectivity index (χ1v) is 19.3. The Labute approximate surface area is 338 Å². The molecular weight excluding hydrogens is 737 g/mol. The molecule has 6 rings (SSSR count). The first-order valence-electron chi connectivity index (χ1n) is 19.3. The molecule has 0 aliphatic carbocycles. The number of rotatable bonds is 11. The molecule has 2 fully saturated rings. The Morgan fingerprint density at radius 1 is 0.517 bits per heavy atom. The van der Waals surface area contributed by atoms with Crippen molar-refractivity contribution in [1.29, 1.82) is 0 Å². The Morgan fingerprint density at radius 2 is 0.862 bits per heavy atom. The Hall–Kier alpha value is -6.70. The van der Waals surface area contributed by atoms with Crippen LogP contribution in [0.25, 0.3) is 11.1 Å². The van der Waals surface area contributed by atoms with Gasteiger partial charge in [0.2, 0.25) is 23.6 Å². The van der Waals surface area contributed by atoms with E-state index in [1.54, 1.807) is 62.3 Å². The maximum absolute atomic E-state index is 13.6. The van der Waals surface area contributed by atoms with E-state index < -0.39 is 23.9 Å². The van der Waals surface area contributed by atoms with Gasteiger partial charge in [0.15, 0.2) is 0 Å². The van der Waals surface area contributed by atoms with E-state index in [1.807, 2.05) is 84.9 Å². The van der Waals surface area contributed by atoms with E-state index in [-0.39, 0.29) is 48.8 Å². The molecule has 4 atom stereocenters. The van der Waals surface area contributed by atoms with Crippen molar-refractivity contribution in [2.45, 2.75) is 24.9 Å². The summed E-state index contributed by atoms with van der Waals surface area (Å²) in [7, 11) is 6.45. The van der Waals surface area contributed by atoms with E-state index in [2.05, 4.69) is 21.3 Å². The van der Waals surface area contributed by atoms with E-state index in [0.717, 1.165) is 11.1 Å². The largest absolute Gasteiger partial charge is 0.340 e. The van der Waals surface area contributed by atoms with Gasteiger partial charge in [-0.15, -0.1) is 0 Å². The van der Waals surface area contributed by atoms with Crippen LogP contribution in [-0.4, -0.2) is 110 Å². The fourth-order valence-electron chi connectivity index (χ4n) is 7.07. The normalized spacial score (nSPS) is 17.1. The van der Waals surface area contributed by atoms with Crippen molar-refractivity contribution in [2.75, 3.05) is 65.0 Å². The molecule has 0 unspecified atom stereocenters. The predicted octanol–water partition coefficient (Wildman–Crippen LogP) is 4.95. The Kier molecular flexibility index (Phi) is 13.1. The lowest BCUT2D eigenvalue weighted by Gasteiger charge is -2.26. The van der Waals surface area contributed by atoms with Crippen LogP contribution in [0, 0.1) is 11.8 Å². The lowest BCUT2D eigenvalue weighted by molar-refractivity contribution is -0.133. The van der Waals surface area contributed by atoms with Crippen LogP contribution >= 0.6 is 0 Å².